The maximum atomic E-state index is 5.96. The maximum absolute atomic E-state index is 5.96. The fraction of sp³-hybridized carbons (Fsp3) is 0.538. The van der Waals surface area contributed by atoms with Gasteiger partial charge in [-0.3, -0.25) is 0 Å². The van der Waals surface area contributed by atoms with Gasteiger partial charge in [-0.15, -0.1) is 0 Å². The molecule has 1 aromatic rings. The maximum Gasteiger partial charge on any atom is 0.144 e. The molecule has 0 radical (unpaired) electrons. The lowest BCUT2D eigenvalue weighted by molar-refractivity contribution is 0.185. The Morgan fingerprint density at radius 3 is 2.50 bits per heavy atom. The lowest BCUT2D eigenvalue weighted by atomic mass is 10.1. The SMILES string of the molecule is Nc1c(Cl)cccc1OC1CCCCCC1. The van der Waals surface area contributed by atoms with E-state index in [0.29, 0.717) is 16.8 Å². The van der Waals surface area contributed by atoms with Crippen LogP contribution >= 0.6 is 11.6 Å². The minimum Gasteiger partial charge on any atom is -0.488 e. The minimum atomic E-state index is 0.309. The van der Waals surface area contributed by atoms with Gasteiger partial charge in [-0.1, -0.05) is 30.5 Å². The van der Waals surface area contributed by atoms with E-state index in [-0.39, 0.29) is 0 Å². The number of anilines is 1. The van der Waals surface area contributed by atoms with Crippen molar-refractivity contribution < 1.29 is 4.74 Å². The molecule has 0 spiro atoms. The first-order valence-corrected chi connectivity index (χ1v) is 6.36. The predicted octanol–water partition coefficient (Wildman–Crippen LogP) is 4.02. The summed E-state index contributed by atoms with van der Waals surface area (Å²) in [6, 6.07) is 5.56. The van der Waals surface area contributed by atoms with Crippen molar-refractivity contribution in [3.05, 3.63) is 23.2 Å². The molecule has 88 valence electrons. The van der Waals surface area contributed by atoms with Gasteiger partial charge in [0.2, 0.25) is 0 Å². The van der Waals surface area contributed by atoms with E-state index in [4.69, 9.17) is 22.1 Å². The largest absolute Gasteiger partial charge is 0.488 e. The molecule has 1 fully saturated rings. The number of hydrogen-bond donors (Lipinski definition) is 1. The summed E-state index contributed by atoms with van der Waals surface area (Å²) in [5, 5.41) is 0.575. The highest BCUT2D eigenvalue weighted by Gasteiger charge is 2.15. The van der Waals surface area contributed by atoms with Gasteiger partial charge in [0.05, 0.1) is 16.8 Å². The standard InChI is InChI=1S/C13H18ClNO/c14-11-8-5-9-12(13(11)15)16-10-6-3-1-2-4-7-10/h5,8-10H,1-4,6-7,15H2. The van der Waals surface area contributed by atoms with Crippen LogP contribution in [-0.2, 0) is 0 Å². The van der Waals surface area contributed by atoms with Crippen LogP contribution < -0.4 is 10.5 Å². The molecule has 0 saturated heterocycles. The monoisotopic (exact) mass is 239 g/mol. The Balaban J connectivity index is 2.04. The quantitative estimate of drug-likeness (QED) is 0.625. The zero-order valence-electron chi connectivity index (χ0n) is 9.42. The van der Waals surface area contributed by atoms with E-state index in [0.717, 1.165) is 18.6 Å². The lowest BCUT2D eigenvalue weighted by Crippen LogP contribution is -2.15. The van der Waals surface area contributed by atoms with E-state index in [1.165, 1.54) is 25.7 Å². The molecule has 1 aliphatic rings. The lowest BCUT2D eigenvalue weighted by Gasteiger charge is -2.18. The van der Waals surface area contributed by atoms with Gasteiger partial charge >= 0.3 is 0 Å². The van der Waals surface area contributed by atoms with Gasteiger partial charge in [0, 0.05) is 0 Å². The normalized spacial score (nSPS) is 18.1. The third-order valence-corrected chi connectivity index (χ3v) is 3.44. The van der Waals surface area contributed by atoms with Crippen molar-refractivity contribution in [2.75, 3.05) is 5.73 Å². The number of para-hydroxylation sites is 1. The van der Waals surface area contributed by atoms with E-state index in [1.807, 2.05) is 12.1 Å². The molecule has 0 heterocycles. The molecular formula is C13H18ClNO. The van der Waals surface area contributed by atoms with Gasteiger partial charge in [-0.2, -0.15) is 0 Å². The van der Waals surface area contributed by atoms with Crippen LogP contribution in [0.5, 0.6) is 5.75 Å². The number of rotatable bonds is 2. The summed E-state index contributed by atoms with van der Waals surface area (Å²) in [7, 11) is 0. The average molecular weight is 240 g/mol. The summed E-state index contributed by atoms with van der Waals surface area (Å²) in [5.74, 6) is 0.736. The first kappa shape index (κ1) is 11.6. The first-order valence-electron chi connectivity index (χ1n) is 5.98. The Morgan fingerprint density at radius 1 is 1.12 bits per heavy atom. The molecule has 0 amide bonds. The fourth-order valence-corrected chi connectivity index (χ4v) is 2.33. The van der Waals surface area contributed by atoms with Crippen molar-refractivity contribution in [3.63, 3.8) is 0 Å². The van der Waals surface area contributed by atoms with Crippen molar-refractivity contribution >= 4 is 17.3 Å². The molecule has 1 aliphatic carbocycles. The molecule has 0 aromatic heterocycles. The Kier molecular flexibility index (Phi) is 3.94. The van der Waals surface area contributed by atoms with Gasteiger partial charge < -0.3 is 10.5 Å². The molecule has 2 rings (SSSR count). The Labute approximate surface area is 102 Å². The van der Waals surface area contributed by atoms with Crippen LogP contribution in [0.1, 0.15) is 38.5 Å². The van der Waals surface area contributed by atoms with Crippen LogP contribution in [0.2, 0.25) is 5.02 Å². The zero-order valence-corrected chi connectivity index (χ0v) is 10.2. The third kappa shape index (κ3) is 2.82. The first-order chi connectivity index (χ1) is 7.77. The van der Waals surface area contributed by atoms with E-state index < -0.39 is 0 Å². The molecule has 1 aromatic carbocycles. The Bertz CT molecular complexity index is 346. The zero-order chi connectivity index (χ0) is 11.4. The highest BCUT2D eigenvalue weighted by Crippen LogP contribution is 2.31. The van der Waals surface area contributed by atoms with Gasteiger partial charge in [0.1, 0.15) is 5.75 Å². The van der Waals surface area contributed by atoms with Crippen LogP contribution in [0.3, 0.4) is 0 Å². The van der Waals surface area contributed by atoms with E-state index >= 15 is 0 Å². The van der Waals surface area contributed by atoms with Gasteiger partial charge in [-0.05, 0) is 37.8 Å². The molecule has 0 aliphatic heterocycles. The molecule has 1 saturated carbocycles. The molecule has 2 N–H and O–H groups in total. The molecule has 3 heteroatoms. The summed E-state index contributed by atoms with van der Waals surface area (Å²) in [4.78, 5) is 0. The van der Waals surface area contributed by atoms with Crippen molar-refractivity contribution in [1.82, 2.24) is 0 Å². The van der Waals surface area contributed by atoms with Gasteiger partial charge in [-0.25, -0.2) is 0 Å². The summed E-state index contributed by atoms with van der Waals surface area (Å²) in [6.45, 7) is 0. The van der Waals surface area contributed by atoms with Crippen LogP contribution in [0.15, 0.2) is 18.2 Å². The third-order valence-electron chi connectivity index (χ3n) is 3.11. The minimum absolute atomic E-state index is 0.309. The van der Waals surface area contributed by atoms with Crippen LogP contribution in [-0.4, -0.2) is 6.10 Å². The Hall–Kier alpha value is -0.890. The molecule has 2 nitrogen and oxygen atoms in total. The summed E-state index contributed by atoms with van der Waals surface area (Å²) in [5.41, 5.74) is 6.45. The highest BCUT2D eigenvalue weighted by molar-refractivity contribution is 6.33. The second-order valence-corrected chi connectivity index (χ2v) is 4.79. The van der Waals surface area contributed by atoms with Crippen LogP contribution in [0.25, 0.3) is 0 Å². The molecule has 0 atom stereocenters. The van der Waals surface area contributed by atoms with Gasteiger partial charge in [0.25, 0.3) is 0 Å². The number of benzene rings is 1. The Morgan fingerprint density at radius 2 is 1.81 bits per heavy atom. The summed E-state index contributed by atoms with van der Waals surface area (Å²) < 4.78 is 5.94. The van der Waals surface area contributed by atoms with E-state index in [9.17, 15) is 0 Å². The second kappa shape index (κ2) is 5.44. The van der Waals surface area contributed by atoms with Crippen LogP contribution in [0.4, 0.5) is 5.69 Å². The number of nitrogens with two attached hydrogens (primary N) is 1. The summed E-state index contributed by atoms with van der Waals surface area (Å²) in [6.07, 6.45) is 7.73. The molecule has 16 heavy (non-hydrogen) atoms. The predicted molar refractivity (Wildman–Crippen MR) is 68.0 cm³/mol. The topological polar surface area (TPSA) is 35.2 Å². The molecule has 0 unspecified atom stereocenters. The smallest absolute Gasteiger partial charge is 0.144 e. The molecular weight excluding hydrogens is 222 g/mol. The number of nitrogen functional groups attached to an aromatic ring is 1. The van der Waals surface area contributed by atoms with Crippen molar-refractivity contribution in [3.8, 4) is 5.75 Å². The van der Waals surface area contributed by atoms with E-state index in [2.05, 4.69) is 0 Å². The van der Waals surface area contributed by atoms with Crippen molar-refractivity contribution in [1.29, 1.82) is 0 Å². The number of halogens is 1. The van der Waals surface area contributed by atoms with E-state index in [1.54, 1.807) is 6.07 Å². The molecule has 0 bridgehead atoms. The van der Waals surface area contributed by atoms with Crippen LogP contribution in [0, 0.1) is 0 Å². The van der Waals surface area contributed by atoms with Crippen molar-refractivity contribution in [2.24, 2.45) is 0 Å². The van der Waals surface area contributed by atoms with Crippen molar-refractivity contribution in [2.45, 2.75) is 44.6 Å². The average Bonchev–Trinajstić information content (AvgIpc) is 2.53. The number of ether oxygens (including phenoxy) is 1. The number of hydrogen-bond acceptors (Lipinski definition) is 2. The second-order valence-electron chi connectivity index (χ2n) is 4.38. The fourth-order valence-electron chi connectivity index (χ4n) is 2.16. The highest BCUT2D eigenvalue weighted by atomic mass is 35.5. The van der Waals surface area contributed by atoms with Gasteiger partial charge in [0.15, 0.2) is 0 Å². The summed E-state index contributed by atoms with van der Waals surface area (Å²) >= 11 is 5.96.